The van der Waals surface area contributed by atoms with E-state index >= 15 is 0 Å². The highest BCUT2D eigenvalue weighted by Crippen LogP contribution is 2.24. The Morgan fingerprint density at radius 2 is 2.14 bits per heavy atom. The van der Waals surface area contributed by atoms with Gasteiger partial charge in [0.1, 0.15) is 5.69 Å². The molecule has 0 saturated carbocycles. The van der Waals surface area contributed by atoms with E-state index in [2.05, 4.69) is 5.32 Å². The molecule has 3 N–H and O–H groups in total. The molecule has 1 aromatic carbocycles. The Morgan fingerprint density at radius 1 is 1.43 bits per heavy atom. The van der Waals surface area contributed by atoms with Crippen LogP contribution in [0, 0.1) is 10.1 Å². The molecule has 0 aliphatic carbocycles. The minimum Gasteiger partial charge on any atom is -0.393 e. The van der Waals surface area contributed by atoms with Crippen molar-refractivity contribution in [1.29, 1.82) is 0 Å². The van der Waals surface area contributed by atoms with Crippen molar-refractivity contribution in [2.24, 2.45) is 0 Å². The van der Waals surface area contributed by atoms with Crippen LogP contribution in [0.5, 0.6) is 0 Å². The van der Waals surface area contributed by atoms with Crippen LogP contribution in [-0.4, -0.2) is 56.1 Å². The Hall–Kier alpha value is -2.19. The second kappa shape index (κ2) is 8.18. The van der Waals surface area contributed by atoms with E-state index in [-0.39, 0.29) is 16.9 Å². The van der Waals surface area contributed by atoms with Crippen molar-refractivity contribution in [2.45, 2.75) is 0 Å². The van der Waals surface area contributed by atoms with Crippen LogP contribution >= 0.6 is 0 Å². The first-order valence-corrected chi connectivity index (χ1v) is 6.47. The van der Waals surface area contributed by atoms with Gasteiger partial charge in [0.15, 0.2) is 0 Å². The van der Waals surface area contributed by atoms with E-state index < -0.39 is 10.8 Å². The first-order chi connectivity index (χ1) is 9.93. The van der Waals surface area contributed by atoms with Crippen LogP contribution in [0.25, 0.3) is 0 Å². The predicted molar refractivity (Wildman–Crippen MR) is 79.2 cm³/mol. The fraction of sp³-hybridized carbons (Fsp3) is 0.462. The monoisotopic (exact) mass is 296 g/mol. The van der Waals surface area contributed by atoms with Crippen LogP contribution in [0.1, 0.15) is 10.4 Å². The zero-order valence-corrected chi connectivity index (χ0v) is 12.2. The van der Waals surface area contributed by atoms with Gasteiger partial charge in [-0.25, -0.2) is 0 Å². The molecule has 0 spiro atoms. The molecule has 1 amide bonds. The van der Waals surface area contributed by atoms with E-state index in [1.54, 1.807) is 0 Å². The highest BCUT2D eigenvalue weighted by Gasteiger charge is 2.18. The van der Waals surface area contributed by atoms with E-state index in [0.29, 0.717) is 19.8 Å². The molecule has 0 radical (unpaired) electrons. The molecular weight excluding hydrogens is 276 g/mol. The Labute approximate surface area is 123 Å². The number of nitro groups is 1. The lowest BCUT2D eigenvalue weighted by Gasteiger charge is -2.10. The molecule has 8 heteroatoms. The molecule has 0 heterocycles. The summed E-state index contributed by atoms with van der Waals surface area (Å²) in [4.78, 5) is 24.0. The smallest absolute Gasteiger partial charge is 0.292 e. The van der Waals surface area contributed by atoms with Crippen molar-refractivity contribution < 1.29 is 14.5 Å². The summed E-state index contributed by atoms with van der Waals surface area (Å²) < 4.78 is 5.33. The SMILES string of the molecule is CN(C)CCOCCNC(=O)c1cccc([N+](=O)[O-])c1N. The van der Waals surface area contributed by atoms with Crippen molar-refractivity contribution in [3.8, 4) is 0 Å². The van der Waals surface area contributed by atoms with Gasteiger partial charge in [0.25, 0.3) is 11.6 Å². The lowest BCUT2D eigenvalue weighted by atomic mass is 10.1. The molecule has 0 aliphatic heterocycles. The van der Waals surface area contributed by atoms with Crippen LogP contribution in [-0.2, 0) is 4.74 Å². The Balaban J connectivity index is 2.46. The number of carbonyl (C=O) groups is 1. The first-order valence-electron chi connectivity index (χ1n) is 6.47. The van der Waals surface area contributed by atoms with Crippen molar-refractivity contribution >= 4 is 17.3 Å². The third kappa shape index (κ3) is 5.36. The van der Waals surface area contributed by atoms with E-state index in [0.717, 1.165) is 6.54 Å². The molecule has 116 valence electrons. The van der Waals surface area contributed by atoms with E-state index in [4.69, 9.17) is 10.5 Å². The number of nitrogens with zero attached hydrogens (tertiary/aromatic N) is 2. The fourth-order valence-corrected chi connectivity index (χ4v) is 1.59. The number of hydrogen-bond donors (Lipinski definition) is 2. The van der Waals surface area contributed by atoms with E-state index in [9.17, 15) is 14.9 Å². The van der Waals surface area contributed by atoms with Crippen LogP contribution in [0.2, 0.25) is 0 Å². The number of anilines is 1. The zero-order chi connectivity index (χ0) is 15.8. The van der Waals surface area contributed by atoms with Gasteiger partial charge < -0.3 is 20.7 Å². The van der Waals surface area contributed by atoms with Gasteiger partial charge in [0, 0.05) is 19.2 Å². The normalized spacial score (nSPS) is 10.6. The van der Waals surface area contributed by atoms with Gasteiger partial charge in [-0.3, -0.25) is 14.9 Å². The summed E-state index contributed by atoms with van der Waals surface area (Å²) in [5.74, 6) is -0.451. The zero-order valence-electron chi connectivity index (χ0n) is 12.2. The third-order valence-corrected chi connectivity index (χ3v) is 2.74. The molecule has 0 bridgehead atoms. The van der Waals surface area contributed by atoms with Crippen molar-refractivity contribution in [3.05, 3.63) is 33.9 Å². The van der Waals surface area contributed by atoms with Crippen molar-refractivity contribution in [2.75, 3.05) is 46.1 Å². The molecule has 1 rings (SSSR count). The summed E-state index contributed by atoms with van der Waals surface area (Å²) in [7, 11) is 3.88. The molecule has 21 heavy (non-hydrogen) atoms. The summed E-state index contributed by atoms with van der Waals surface area (Å²) in [6.07, 6.45) is 0. The lowest BCUT2D eigenvalue weighted by Crippen LogP contribution is -2.29. The van der Waals surface area contributed by atoms with Gasteiger partial charge in [-0.15, -0.1) is 0 Å². The number of amides is 1. The molecular formula is C13H20N4O4. The summed E-state index contributed by atoms with van der Waals surface area (Å²) in [5.41, 5.74) is 5.32. The van der Waals surface area contributed by atoms with Gasteiger partial charge in [0.05, 0.1) is 23.7 Å². The minimum absolute atomic E-state index is 0.0949. The Morgan fingerprint density at radius 3 is 2.76 bits per heavy atom. The quantitative estimate of drug-likeness (QED) is 0.312. The molecule has 8 nitrogen and oxygen atoms in total. The molecule has 0 atom stereocenters. The number of ether oxygens (including phenoxy) is 1. The topological polar surface area (TPSA) is 111 Å². The Bertz CT molecular complexity index is 505. The maximum absolute atomic E-state index is 11.9. The highest BCUT2D eigenvalue weighted by molar-refractivity contribution is 6.00. The Kier molecular flexibility index (Phi) is 6.57. The second-order valence-corrected chi connectivity index (χ2v) is 4.67. The summed E-state index contributed by atoms with van der Waals surface area (Å²) >= 11 is 0. The molecule has 0 unspecified atom stereocenters. The van der Waals surface area contributed by atoms with Crippen LogP contribution in [0.15, 0.2) is 18.2 Å². The third-order valence-electron chi connectivity index (χ3n) is 2.74. The van der Waals surface area contributed by atoms with Crippen LogP contribution in [0.4, 0.5) is 11.4 Å². The van der Waals surface area contributed by atoms with Crippen molar-refractivity contribution in [1.82, 2.24) is 10.2 Å². The van der Waals surface area contributed by atoms with Gasteiger partial charge >= 0.3 is 0 Å². The van der Waals surface area contributed by atoms with Gasteiger partial charge in [0.2, 0.25) is 0 Å². The number of nitrogens with one attached hydrogen (secondary N) is 1. The van der Waals surface area contributed by atoms with E-state index in [1.165, 1.54) is 18.2 Å². The summed E-state index contributed by atoms with van der Waals surface area (Å²) in [5, 5.41) is 13.4. The maximum Gasteiger partial charge on any atom is 0.292 e. The average Bonchev–Trinajstić information content (AvgIpc) is 2.42. The standard InChI is InChI=1S/C13H20N4O4/c1-16(2)7-9-21-8-6-15-13(18)10-4-3-5-11(12(10)14)17(19)20/h3-5H,6-9,14H2,1-2H3,(H,15,18). The number of nitro benzene ring substituents is 1. The largest absolute Gasteiger partial charge is 0.393 e. The summed E-state index contributed by atoms with van der Waals surface area (Å²) in [6, 6.07) is 4.14. The number of likely N-dealkylation sites (N-methyl/N-ethyl adjacent to an activating group) is 1. The van der Waals surface area contributed by atoms with Crippen molar-refractivity contribution in [3.63, 3.8) is 0 Å². The highest BCUT2D eigenvalue weighted by atomic mass is 16.6. The first kappa shape index (κ1) is 16.9. The molecule has 1 aromatic rings. The van der Waals surface area contributed by atoms with Gasteiger partial charge in [-0.2, -0.15) is 0 Å². The fourth-order valence-electron chi connectivity index (χ4n) is 1.59. The minimum atomic E-state index is -0.615. The number of hydrogen-bond acceptors (Lipinski definition) is 6. The second-order valence-electron chi connectivity index (χ2n) is 4.67. The number of para-hydroxylation sites is 1. The molecule has 0 fully saturated rings. The number of benzene rings is 1. The van der Waals surface area contributed by atoms with Crippen LogP contribution in [0.3, 0.4) is 0 Å². The average molecular weight is 296 g/mol. The molecule has 0 aliphatic rings. The lowest BCUT2D eigenvalue weighted by molar-refractivity contribution is -0.383. The maximum atomic E-state index is 11.9. The van der Waals surface area contributed by atoms with Gasteiger partial charge in [-0.1, -0.05) is 6.07 Å². The summed E-state index contributed by atoms with van der Waals surface area (Å²) in [6.45, 7) is 2.05. The number of carbonyl (C=O) groups excluding carboxylic acids is 1. The molecule has 0 aromatic heterocycles. The van der Waals surface area contributed by atoms with E-state index in [1.807, 2.05) is 19.0 Å². The predicted octanol–water partition coefficient (Wildman–Crippen LogP) is 0.485. The van der Waals surface area contributed by atoms with Gasteiger partial charge in [-0.05, 0) is 20.2 Å². The number of nitrogen functional groups attached to an aromatic ring is 1. The molecule has 0 saturated heterocycles. The van der Waals surface area contributed by atoms with Crippen LogP contribution < -0.4 is 11.1 Å². The number of rotatable bonds is 8. The number of nitrogens with two attached hydrogens (primary N) is 1.